The van der Waals surface area contributed by atoms with Gasteiger partial charge >= 0.3 is 0 Å². The van der Waals surface area contributed by atoms with Gasteiger partial charge in [0, 0.05) is 30.4 Å². The fourth-order valence-electron chi connectivity index (χ4n) is 4.25. The molecule has 0 N–H and O–H groups in total. The summed E-state index contributed by atoms with van der Waals surface area (Å²) in [6.45, 7) is 3.44. The minimum absolute atomic E-state index is 0.0187. The lowest BCUT2D eigenvalue weighted by Gasteiger charge is -2.33. The fraction of sp³-hybridized carbons (Fsp3) is 0.308. The molecule has 2 aromatic carbocycles. The number of rotatable bonds is 5. The Morgan fingerprint density at radius 1 is 1.00 bits per heavy atom. The Kier molecular flexibility index (Phi) is 6.21. The molecule has 1 fully saturated rings. The Morgan fingerprint density at radius 3 is 2.52 bits per heavy atom. The van der Waals surface area contributed by atoms with E-state index in [1.54, 1.807) is 14.2 Å². The maximum Gasteiger partial charge on any atom is 0.257 e. The molecule has 160 valence electrons. The Labute approximate surface area is 183 Å². The molecule has 5 nitrogen and oxygen atoms in total. The van der Waals surface area contributed by atoms with Gasteiger partial charge in [0.25, 0.3) is 5.91 Å². The van der Waals surface area contributed by atoms with Crippen molar-refractivity contribution in [3.63, 3.8) is 0 Å². The normalized spacial score (nSPS) is 16.1. The van der Waals surface area contributed by atoms with Crippen LogP contribution in [0.15, 0.2) is 60.7 Å². The number of amides is 1. The second-order valence-electron chi connectivity index (χ2n) is 7.94. The molecule has 1 aromatic heterocycles. The van der Waals surface area contributed by atoms with Gasteiger partial charge in [0.1, 0.15) is 11.5 Å². The largest absolute Gasteiger partial charge is 0.497 e. The summed E-state index contributed by atoms with van der Waals surface area (Å²) >= 11 is 0. The highest BCUT2D eigenvalue weighted by Gasteiger charge is 2.28. The van der Waals surface area contributed by atoms with Crippen molar-refractivity contribution in [1.29, 1.82) is 0 Å². The number of para-hydroxylation sites is 1. The molecule has 4 rings (SSSR count). The number of ether oxygens (including phenoxy) is 2. The van der Waals surface area contributed by atoms with Crippen LogP contribution in [0.2, 0.25) is 0 Å². The van der Waals surface area contributed by atoms with E-state index in [2.05, 4.69) is 24.3 Å². The van der Waals surface area contributed by atoms with Crippen molar-refractivity contribution in [1.82, 2.24) is 9.88 Å². The maximum atomic E-state index is 13.2. The molecule has 0 spiro atoms. The van der Waals surface area contributed by atoms with Crippen LogP contribution in [0.25, 0.3) is 11.1 Å². The highest BCUT2D eigenvalue weighted by atomic mass is 16.5. The first-order chi connectivity index (χ1) is 15.1. The summed E-state index contributed by atoms with van der Waals surface area (Å²) in [7, 11) is 3.27. The predicted molar refractivity (Wildman–Crippen MR) is 122 cm³/mol. The monoisotopic (exact) mass is 416 g/mol. The van der Waals surface area contributed by atoms with E-state index in [1.165, 1.54) is 0 Å². The Morgan fingerprint density at radius 2 is 1.77 bits per heavy atom. The average Bonchev–Trinajstić information content (AvgIpc) is 2.83. The number of benzene rings is 2. The second-order valence-corrected chi connectivity index (χ2v) is 7.94. The lowest BCUT2D eigenvalue weighted by Crippen LogP contribution is -2.39. The third-order valence-electron chi connectivity index (χ3n) is 5.86. The SMILES string of the molecule is COc1ccc(-c2cc(C)nc(C3CCCN(C(=O)c4ccccc4OC)C3)c2)cc1. The molecule has 3 aromatic rings. The van der Waals surface area contributed by atoms with Gasteiger partial charge in [-0.3, -0.25) is 9.78 Å². The molecule has 0 saturated carbocycles. The maximum absolute atomic E-state index is 13.2. The van der Waals surface area contributed by atoms with Crippen LogP contribution in [0.4, 0.5) is 0 Å². The molecule has 31 heavy (non-hydrogen) atoms. The summed E-state index contributed by atoms with van der Waals surface area (Å²) in [6.07, 6.45) is 1.98. The average molecular weight is 417 g/mol. The molecule has 1 unspecified atom stereocenters. The van der Waals surface area contributed by atoms with E-state index in [0.29, 0.717) is 17.9 Å². The highest BCUT2D eigenvalue weighted by molar-refractivity contribution is 5.97. The number of likely N-dealkylation sites (tertiary alicyclic amines) is 1. The number of hydrogen-bond acceptors (Lipinski definition) is 4. The van der Waals surface area contributed by atoms with Gasteiger partial charge in [-0.05, 0) is 67.3 Å². The minimum atomic E-state index is 0.0187. The Balaban J connectivity index is 1.58. The summed E-state index contributed by atoms with van der Waals surface area (Å²) in [5.74, 6) is 1.69. The molecule has 1 amide bonds. The van der Waals surface area contributed by atoms with Gasteiger partial charge in [-0.25, -0.2) is 0 Å². The van der Waals surface area contributed by atoms with E-state index >= 15 is 0 Å². The molecule has 1 saturated heterocycles. The summed E-state index contributed by atoms with van der Waals surface area (Å²) in [4.78, 5) is 19.9. The van der Waals surface area contributed by atoms with Crippen LogP contribution in [0.1, 0.15) is 40.5 Å². The van der Waals surface area contributed by atoms with Crippen LogP contribution in [-0.2, 0) is 0 Å². The van der Waals surface area contributed by atoms with Gasteiger partial charge in [0.2, 0.25) is 0 Å². The van der Waals surface area contributed by atoms with Crippen molar-refractivity contribution >= 4 is 5.91 Å². The number of piperidine rings is 1. The van der Waals surface area contributed by atoms with E-state index < -0.39 is 0 Å². The van der Waals surface area contributed by atoms with Gasteiger partial charge in [0.05, 0.1) is 19.8 Å². The van der Waals surface area contributed by atoms with Gasteiger partial charge in [-0.2, -0.15) is 0 Å². The van der Waals surface area contributed by atoms with E-state index in [4.69, 9.17) is 14.5 Å². The predicted octanol–water partition coefficient (Wildman–Crippen LogP) is 5.09. The highest BCUT2D eigenvalue weighted by Crippen LogP contribution is 2.31. The molecule has 1 aliphatic rings. The zero-order chi connectivity index (χ0) is 21.8. The number of carbonyl (C=O) groups excluding carboxylic acids is 1. The number of pyridine rings is 1. The van der Waals surface area contributed by atoms with E-state index in [1.807, 2.05) is 48.2 Å². The molecule has 5 heteroatoms. The first-order valence-corrected chi connectivity index (χ1v) is 10.6. The summed E-state index contributed by atoms with van der Waals surface area (Å²) in [6, 6.07) is 19.8. The van der Waals surface area contributed by atoms with Gasteiger partial charge in [-0.1, -0.05) is 24.3 Å². The molecule has 0 radical (unpaired) electrons. The van der Waals surface area contributed by atoms with Crippen molar-refractivity contribution < 1.29 is 14.3 Å². The van der Waals surface area contributed by atoms with Crippen molar-refractivity contribution in [2.45, 2.75) is 25.7 Å². The van der Waals surface area contributed by atoms with Crippen LogP contribution in [0.3, 0.4) is 0 Å². The van der Waals surface area contributed by atoms with Crippen LogP contribution in [0, 0.1) is 6.92 Å². The van der Waals surface area contributed by atoms with E-state index in [0.717, 1.165) is 47.7 Å². The first kappa shape index (κ1) is 20.9. The smallest absolute Gasteiger partial charge is 0.257 e. The van der Waals surface area contributed by atoms with Crippen molar-refractivity contribution in [2.75, 3.05) is 27.3 Å². The standard InChI is InChI=1S/C26H28N2O3/c1-18-15-21(19-10-12-22(30-2)13-11-19)16-24(27-18)20-7-6-14-28(17-20)26(29)23-8-4-5-9-25(23)31-3/h4-5,8-13,15-16,20H,6-7,14,17H2,1-3H3. The van der Waals surface area contributed by atoms with Crippen LogP contribution in [0.5, 0.6) is 11.5 Å². The summed E-state index contributed by atoms with van der Waals surface area (Å²) < 4.78 is 10.7. The Bertz CT molecular complexity index is 1060. The van der Waals surface area contributed by atoms with Gasteiger partial charge < -0.3 is 14.4 Å². The lowest BCUT2D eigenvalue weighted by atomic mass is 9.91. The number of methoxy groups -OCH3 is 2. The summed E-state index contributed by atoms with van der Waals surface area (Å²) in [5, 5.41) is 0. The first-order valence-electron chi connectivity index (χ1n) is 10.6. The number of carbonyl (C=O) groups is 1. The topological polar surface area (TPSA) is 51.7 Å². The molecule has 0 bridgehead atoms. The lowest BCUT2D eigenvalue weighted by molar-refractivity contribution is 0.0702. The zero-order valence-electron chi connectivity index (χ0n) is 18.3. The third kappa shape index (κ3) is 4.55. The number of aryl methyl sites for hydroxylation is 1. The van der Waals surface area contributed by atoms with Crippen LogP contribution >= 0.6 is 0 Å². The zero-order valence-corrected chi connectivity index (χ0v) is 18.3. The molecule has 1 aliphatic heterocycles. The van der Waals surface area contributed by atoms with Crippen molar-refractivity contribution in [3.05, 3.63) is 77.6 Å². The molecular weight excluding hydrogens is 388 g/mol. The molecular formula is C26H28N2O3. The number of aromatic nitrogens is 1. The van der Waals surface area contributed by atoms with Gasteiger partial charge in [-0.15, -0.1) is 0 Å². The van der Waals surface area contributed by atoms with Crippen LogP contribution in [-0.4, -0.2) is 43.1 Å². The number of hydrogen-bond donors (Lipinski definition) is 0. The van der Waals surface area contributed by atoms with E-state index in [9.17, 15) is 4.79 Å². The quantitative estimate of drug-likeness (QED) is 0.581. The second kappa shape index (κ2) is 9.21. The molecule has 1 atom stereocenters. The van der Waals surface area contributed by atoms with Gasteiger partial charge in [0.15, 0.2) is 0 Å². The molecule has 2 heterocycles. The Hall–Kier alpha value is -3.34. The van der Waals surface area contributed by atoms with Crippen LogP contribution < -0.4 is 9.47 Å². The fourth-order valence-corrected chi connectivity index (χ4v) is 4.25. The number of nitrogens with zero attached hydrogens (tertiary/aromatic N) is 2. The van der Waals surface area contributed by atoms with E-state index in [-0.39, 0.29) is 11.8 Å². The van der Waals surface area contributed by atoms with Crippen molar-refractivity contribution in [3.8, 4) is 22.6 Å². The minimum Gasteiger partial charge on any atom is -0.497 e. The third-order valence-corrected chi connectivity index (χ3v) is 5.86. The molecule has 0 aliphatic carbocycles. The van der Waals surface area contributed by atoms with Crippen molar-refractivity contribution in [2.24, 2.45) is 0 Å². The summed E-state index contributed by atoms with van der Waals surface area (Å²) in [5.41, 5.74) is 4.91.